The Hall–Kier alpha value is 0.540. The fraction of sp³-hybridized carbons (Fsp3) is 1.00. The molecule has 0 aromatic rings. The van der Waals surface area contributed by atoms with Crippen LogP contribution in [0.1, 0.15) is 13.3 Å². The van der Waals surface area contributed by atoms with Crippen molar-refractivity contribution in [2.45, 2.75) is 23.8 Å². The molecule has 0 bridgehead atoms. The first-order valence-electron chi connectivity index (χ1n) is 2.60. The molecule has 0 radical (unpaired) electrons. The number of ether oxygens (including phenoxy) is 1. The van der Waals surface area contributed by atoms with Crippen LogP contribution in [0.15, 0.2) is 0 Å². The van der Waals surface area contributed by atoms with Gasteiger partial charge in [0.1, 0.15) is 0 Å². The Labute approximate surface area is 58.9 Å². The average Bonchev–Trinajstić information content (AvgIpc) is 1.86. The van der Waals surface area contributed by atoms with Crippen molar-refractivity contribution < 1.29 is 4.74 Å². The van der Waals surface area contributed by atoms with Gasteiger partial charge >= 0.3 is 0 Å². The highest BCUT2D eigenvalue weighted by molar-refractivity contribution is 6.31. The van der Waals surface area contributed by atoms with E-state index < -0.39 is 5.06 Å². The van der Waals surface area contributed by atoms with Crippen molar-refractivity contribution in [2.75, 3.05) is 6.61 Å². The Bertz CT molecular complexity index is 92.4. The van der Waals surface area contributed by atoms with E-state index in [0.29, 0.717) is 6.61 Å². The van der Waals surface area contributed by atoms with Crippen LogP contribution in [0, 0.1) is 0 Å². The van der Waals surface area contributed by atoms with Gasteiger partial charge in [-0.3, -0.25) is 0 Å². The highest BCUT2D eigenvalue weighted by atomic mass is 35.5. The average molecular weight is 155 g/mol. The molecule has 3 heteroatoms. The fourth-order valence-electron chi connectivity index (χ4n) is 0.710. The molecule has 0 aromatic heterocycles. The predicted octanol–water partition coefficient (Wildman–Crippen LogP) is 1.97. The Morgan fingerprint density at radius 3 is 2.50 bits per heavy atom. The van der Waals surface area contributed by atoms with Crippen LogP contribution >= 0.6 is 23.2 Å². The normalized spacial score (nSPS) is 47.6. The molecule has 1 aliphatic rings. The van der Waals surface area contributed by atoms with E-state index in [1.807, 2.05) is 0 Å². The summed E-state index contributed by atoms with van der Waals surface area (Å²) in [5.41, 5.74) is 0. The van der Waals surface area contributed by atoms with Gasteiger partial charge in [-0.05, 0) is 13.3 Å². The zero-order valence-electron chi connectivity index (χ0n) is 4.66. The molecule has 0 N–H and O–H groups in total. The number of alkyl halides is 2. The molecule has 1 rings (SSSR count). The standard InChI is InChI=1S/C5H8Cl2O/c1-5(7)4(6)2-3-8-5/h4H,2-3H2,1H3. The highest BCUT2D eigenvalue weighted by Gasteiger charge is 2.36. The highest BCUT2D eigenvalue weighted by Crippen LogP contribution is 2.33. The van der Waals surface area contributed by atoms with Gasteiger partial charge in [-0.25, -0.2) is 0 Å². The fourth-order valence-corrected chi connectivity index (χ4v) is 1.05. The van der Waals surface area contributed by atoms with Gasteiger partial charge in [-0.1, -0.05) is 11.6 Å². The molecular weight excluding hydrogens is 147 g/mol. The van der Waals surface area contributed by atoms with Crippen molar-refractivity contribution in [3.05, 3.63) is 0 Å². The van der Waals surface area contributed by atoms with Gasteiger partial charge in [-0.2, -0.15) is 0 Å². The first kappa shape index (κ1) is 6.66. The summed E-state index contributed by atoms with van der Waals surface area (Å²) in [6, 6.07) is 0. The van der Waals surface area contributed by atoms with E-state index in [2.05, 4.69) is 0 Å². The summed E-state index contributed by atoms with van der Waals surface area (Å²) >= 11 is 11.5. The maximum absolute atomic E-state index is 5.76. The lowest BCUT2D eigenvalue weighted by molar-refractivity contribution is 0.0919. The molecule has 1 heterocycles. The summed E-state index contributed by atoms with van der Waals surface area (Å²) in [6.45, 7) is 2.48. The van der Waals surface area contributed by atoms with E-state index in [4.69, 9.17) is 27.9 Å². The second-order valence-corrected chi connectivity index (χ2v) is 3.37. The smallest absolute Gasteiger partial charge is 0.155 e. The van der Waals surface area contributed by atoms with E-state index in [1.54, 1.807) is 6.92 Å². The lowest BCUT2D eigenvalue weighted by Crippen LogP contribution is -2.23. The summed E-state index contributed by atoms with van der Waals surface area (Å²) in [5, 5.41) is -0.633. The Kier molecular flexibility index (Phi) is 1.71. The molecule has 0 amide bonds. The second kappa shape index (κ2) is 2.05. The quantitative estimate of drug-likeness (QED) is 0.486. The summed E-state index contributed by atoms with van der Waals surface area (Å²) in [7, 11) is 0. The molecular formula is C5H8Cl2O. The maximum atomic E-state index is 5.76. The summed E-state index contributed by atoms with van der Waals surface area (Å²) in [5.74, 6) is 0. The minimum absolute atomic E-state index is 0.0239. The van der Waals surface area contributed by atoms with E-state index in [9.17, 15) is 0 Å². The van der Waals surface area contributed by atoms with Crippen molar-refractivity contribution in [3.8, 4) is 0 Å². The van der Waals surface area contributed by atoms with Gasteiger partial charge in [0.15, 0.2) is 5.06 Å². The summed E-state index contributed by atoms with van der Waals surface area (Å²) in [6.07, 6.45) is 0.863. The van der Waals surface area contributed by atoms with Gasteiger partial charge in [0.2, 0.25) is 0 Å². The first-order valence-corrected chi connectivity index (χ1v) is 3.41. The van der Waals surface area contributed by atoms with Gasteiger partial charge < -0.3 is 4.74 Å². The van der Waals surface area contributed by atoms with Crippen molar-refractivity contribution in [1.82, 2.24) is 0 Å². The third kappa shape index (κ3) is 1.09. The lowest BCUT2D eigenvalue weighted by atomic mass is 10.2. The molecule has 2 unspecified atom stereocenters. The molecule has 8 heavy (non-hydrogen) atoms. The van der Waals surface area contributed by atoms with Crippen LogP contribution in [0.4, 0.5) is 0 Å². The zero-order valence-corrected chi connectivity index (χ0v) is 6.17. The molecule has 0 saturated carbocycles. The van der Waals surface area contributed by atoms with Crippen molar-refractivity contribution in [3.63, 3.8) is 0 Å². The largest absolute Gasteiger partial charge is 0.358 e. The molecule has 1 saturated heterocycles. The topological polar surface area (TPSA) is 9.23 Å². The van der Waals surface area contributed by atoms with Crippen molar-refractivity contribution in [1.29, 1.82) is 0 Å². The van der Waals surface area contributed by atoms with Gasteiger partial charge in [0.05, 0.1) is 12.0 Å². The van der Waals surface area contributed by atoms with Gasteiger partial charge in [-0.15, -0.1) is 11.6 Å². The van der Waals surface area contributed by atoms with Crippen LogP contribution in [0.3, 0.4) is 0 Å². The lowest BCUT2D eigenvalue weighted by Gasteiger charge is -2.16. The van der Waals surface area contributed by atoms with E-state index in [0.717, 1.165) is 6.42 Å². The van der Waals surface area contributed by atoms with Crippen molar-refractivity contribution >= 4 is 23.2 Å². The SMILES string of the molecule is CC1(Cl)OCCC1Cl. The number of hydrogen-bond donors (Lipinski definition) is 0. The third-order valence-electron chi connectivity index (χ3n) is 1.32. The Morgan fingerprint density at radius 2 is 2.38 bits per heavy atom. The molecule has 0 spiro atoms. The second-order valence-electron chi connectivity index (χ2n) is 2.09. The minimum atomic E-state index is -0.610. The summed E-state index contributed by atoms with van der Waals surface area (Å²) < 4.78 is 5.09. The van der Waals surface area contributed by atoms with Crippen LogP contribution in [0.2, 0.25) is 0 Å². The molecule has 2 atom stereocenters. The van der Waals surface area contributed by atoms with E-state index >= 15 is 0 Å². The zero-order chi connectivity index (χ0) is 6.20. The third-order valence-corrected chi connectivity index (χ3v) is 2.43. The molecule has 1 fully saturated rings. The number of halogens is 2. The molecule has 1 aliphatic heterocycles. The van der Waals surface area contributed by atoms with Gasteiger partial charge in [0.25, 0.3) is 0 Å². The van der Waals surface area contributed by atoms with Crippen LogP contribution < -0.4 is 0 Å². The Morgan fingerprint density at radius 1 is 1.75 bits per heavy atom. The summed E-state index contributed by atoms with van der Waals surface area (Å²) in [4.78, 5) is 0. The number of hydrogen-bond acceptors (Lipinski definition) is 1. The maximum Gasteiger partial charge on any atom is 0.155 e. The van der Waals surface area contributed by atoms with Gasteiger partial charge in [0, 0.05) is 0 Å². The first-order chi connectivity index (χ1) is 3.63. The van der Waals surface area contributed by atoms with Crippen LogP contribution in [-0.2, 0) is 4.74 Å². The molecule has 0 aromatic carbocycles. The van der Waals surface area contributed by atoms with E-state index in [1.165, 1.54) is 0 Å². The molecule has 1 nitrogen and oxygen atoms in total. The molecule has 0 aliphatic carbocycles. The van der Waals surface area contributed by atoms with E-state index in [-0.39, 0.29) is 5.38 Å². The number of rotatable bonds is 0. The predicted molar refractivity (Wildman–Crippen MR) is 34.5 cm³/mol. The van der Waals surface area contributed by atoms with Crippen LogP contribution in [-0.4, -0.2) is 17.0 Å². The van der Waals surface area contributed by atoms with Crippen LogP contribution in [0.5, 0.6) is 0 Å². The van der Waals surface area contributed by atoms with Crippen LogP contribution in [0.25, 0.3) is 0 Å². The minimum Gasteiger partial charge on any atom is -0.358 e. The van der Waals surface area contributed by atoms with Crippen molar-refractivity contribution in [2.24, 2.45) is 0 Å². The monoisotopic (exact) mass is 154 g/mol. The Balaban J connectivity index is 2.54. The molecule has 48 valence electrons.